The fourth-order valence-corrected chi connectivity index (χ4v) is 6.25. The van der Waals surface area contributed by atoms with Crippen molar-refractivity contribution in [3.05, 3.63) is 58.6 Å². The van der Waals surface area contributed by atoms with Crippen molar-refractivity contribution in [2.45, 2.75) is 37.4 Å². The van der Waals surface area contributed by atoms with Crippen LogP contribution in [0.4, 0.5) is 0 Å². The van der Waals surface area contributed by atoms with Crippen molar-refractivity contribution in [3.63, 3.8) is 0 Å². The molecule has 2 aromatic rings. The van der Waals surface area contributed by atoms with Gasteiger partial charge in [0.1, 0.15) is 5.54 Å². The second kappa shape index (κ2) is 7.47. The SMILES string of the molecule is COc1cccc([C@@H]2C[C@H]3CN(Cc4cccc(Cl)c4)C(=O)[C@]34CCCN24)c1OC. The molecule has 3 heterocycles. The number of likely N-dealkylation sites (tertiary alicyclic amines) is 1. The molecule has 0 bridgehead atoms. The molecule has 2 aromatic carbocycles. The molecule has 0 saturated carbocycles. The Morgan fingerprint density at radius 1 is 1.17 bits per heavy atom. The van der Waals surface area contributed by atoms with Gasteiger partial charge in [0.25, 0.3) is 0 Å². The van der Waals surface area contributed by atoms with Crippen molar-refractivity contribution >= 4 is 17.5 Å². The lowest BCUT2D eigenvalue weighted by Crippen LogP contribution is -2.49. The quantitative estimate of drug-likeness (QED) is 0.715. The third-order valence-corrected chi connectivity index (χ3v) is 7.42. The van der Waals surface area contributed by atoms with Crippen molar-refractivity contribution in [1.29, 1.82) is 0 Å². The number of benzene rings is 2. The molecule has 1 amide bonds. The Labute approximate surface area is 182 Å². The molecule has 0 aromatic heterocycles. The molecule has 0 unspecified atom stereocenters. The van der Waals surface area contributed by atoms with Crippen LogP contribution in [-0.2, 0) is 11.3 Å². The standard InChI is InChI=1S/C24H27ClN2O3/c1-29-21-9-4-8-19(22(21)30-2)20-13-17-15-26(14-16-6-3-7-18(25)12-16)23(28)24(17)10-5-11-27(20)24/h3-4,6-9,12,17,20H,5,10-11,13-15H2,1-2H3/t17-,20-,24-/m0/s1. The van der Waals surface area contributed by atoms with Crippen molar-refractivity contribution < 1.29 is 14.3 Å². The average molecular weight is 427 g/mol. The van der Waals surface area contributed by atoms with Gasteiger partial charge in [0, 0.05) is 35.6 Å². The number of halogens is 1. The molecule has 5 nitrogen and oxygen atoms in total. The summed E-state index contributed by atoms with van der Waals surface area (Å²) in [5.74, 6) is 2.13. The first-order valence-corrected chi connectivity index (χ1v) is 11.0. The van der Waals surface area contributed by atoms with Crippen LogP contribution in [-0.4, -0.2) is 48.6 Å². The van der Waals surface area contributed by atoms with Crippen LogP contribution in [0.5, 0.6) is 11.5 Å². The Hall–Kier alpha value is -2.24. The zero-order chi connectivity index (χ0) is 20.9. The summed E-state index contributed by atoms with van der Waals surface area (Å²) in [6.07, 6.45) is 2.95. The van der Waals surface area contributed by atoms with E-state index >= 15 is 0 Å². The Morgan fingerprint density at radius 2 is 2.00 bits per heavy atom. The van der Waals surface area contributed by atoms with E-state index < -0.39 is 0 Å². The summed E-state index contributed by atoms with van der Waals surface area (Å²) in [7, 11) is 3.36. The monoisotopic (exact) mass is 426 g/mol. The summed E-state index contributed by atoms with van der Waals surface area (Å²) in [6.45, 7) is 2.36. The van der Waals surface area contributed by atoms with Gasteiger partial charge in [0.2, 0.25) is 5.91 Å². The highest BCUT2D eigenvalue weighted by Crippen LogP contribution is 2.57. The average Bonchev–Trinajstić information content (AvgIpc) is 3.38. The van der Waals surface area contributed by atoms with E-state index in [9.17, 15) is 4.79 Å². The number of ether oxygens (including phenoxy) is 2. The van der Waals surface area contributed by atoms with Gasteiger partial charge in [0.15, 0.2) is 11.5 Å². The second-order valence-electron chi connectivity index (χ2n) is 8.57. The Bertz CT molecular complexity index is 981. The number of hydrogen-bond donors (Lipinski definition) is 0. The summed E-state index contributed by atoms with van der Waals surface area (Å²) in [5, 5.41) is 0.713. The molecule has 30 heavy (non-hydrogen) atoms. The van der Waals surface area contributed by atoms with Gasteiger partial charge in [-0.05, 0) is 49.6 Å². The maximum Gasteiger partial charge on any atom is 0.243 e. The lowest BCUT2D eigenvalue weighted by atomic mass is 9.85. The van der Waals surface area contributed by atoms with Gasteiger partial charge < -0.3 is 14.4 Å². The predicted molar refractivity (Wildman–Crippen MR) is 116 cm³/mol. The van der Waals surface area contributed by atoms with Crippen molar-refractivity contribution in [3.8, 4) is 11.5 Å². The van der Waals surface area contributed by atoms with Crippen LogP contribution in [0.1, 0.15) is 36.4 Å². The van der Waals surface area contributed by atoms with Crippen molar-refractivity contribution in [2.24, 2.45) is 5.92 Å². The van der Waals surface area contributed by atoms with Gasteiger partial charge in [-0.25, -0.2) is 0 Å². The van der Waals surface area contributed by atoms with E-state index in [4.69, 9.17) is 21.1 Å². The third-order valence-electron chi connectivity index (χ3n) is 7.18. The molecule has 3 saturated heterocycles. The highest BCUT2D eigenvalue weighted by atomic mass is 35.5. The molecular weight excluding hydrogens is 400 g/mol. The van der Waals surface area contributed by atoms with E-state index in [-0.39, 0.29) is 17.5 Å². The van der Waals surface area contributed by atoms with Crippen LogP contribution in [0.2, 0.25) is 5.02 Å². The summed E-state index contributed by atoms with van der Waals surface area (Å²) >= 11 is 6.16. The van der Waals surface area contributed by atoms with E-state index in [1.54, 1.807) is 14.2 Å². The molecule has 1 spiro atoms. The molecule has 0 radical (unpaired) electrons. The van der Waals surface area contributed by atoms with E-state index in [1.807, 2.05) is 41.3 Å². The zero-order valence-electron chi connectivity index (χ0n) is 17.4. The van der Waals surface area contributed by atoms with Crippen LogP contribution in [0.15, 0.2) is 42.5 Å². The number of methoxy groups -OCH3 is 2. The topological polar surface area (TPSA) is 42.0 Å². The number of amides is 1. The number of carbonyl (C=O) groups excluding carboxylic acids is 1. The predicted octanol–water partition coefficient (Wildman–Crippen LogP) is 4.30. The van der Waals surface area contributed by atoms with Crippen molar-refractivity contribution in [1.82, 2.24) is 9.80 Å². The molecule has 0 N–H and O–H groups in total. The van der Waals surface area contributed by atoms with E-state index in [2.05, 4.69) is 11.0 Å². The first kappa shape index (κ1) is 19.7. The smallest absolute Gasteiger partial charge is 0.243 e. The van der Waals surface area contributed by atoms with Crippen LogP contribution < -0.4 is 9.47 Å². The lowest BCUT2D eigenvalue weighted by Gasteiger charge is -2.34. The molecule has 3 atom stereocenters. The maximum absolute atomic E-state index is 13.7. The molecule has 3 fully saturated rings. The van der Waals surface area contributed by atoms with E-state index in [0.29, 0.717) is 17.5 Å². The minimum absolute atomic E-state index is 0.180. The van der Waals surface area contributed by atoms with Gasteiger partial charge >= 0.3 is 0 Å². The van der Waals surface area contributed by atoms with Gasteiger partial charge in [-0.15, -0.1) is 0 Å². The Kier molecular flexibility index (Phi) is 4.91. The van der Waals surface area contributed by atoms with Crippen LogP contribution >= 0.6 is 11.6 Å². The highest BCUT2D eigenvalue weighted by molar-refractivity contribution is 6.30. The molecule has 6 heteroatoms. The first-order valence-electron chi connectivity index (χ1n) is 10.6. The van der Waals surface area contributed by atoms with Crippen LogP contribution in [0, 0.1) is 5.92 Å². The molecule has 3 aliphatic heterocycles. The molecular formula is C24H27ClN2O3. The molecule has 0 aliphatic carbocycles. The Morgan fingerprint density at radius 3 is 2.77 bits per heavy atom. The summed E-state index contributed by atoms with van der Waals surface area (Å²) in [4.78, 5) is 18.2. The molecule has 5 rings (SSSR count). The van der Waals surface area contributed by atoms with Crippen molar-refractivity contribution in [2.75, 3.05) is 27.3 Å². The summed E-state index contributed by atoms with van der Waals surface area (Å²) < 4.78 is 11.3. The third kappa shape index (κ3) is 2.83. The second-order valence-corrected chi connectivity index (χ2v) is 9.00. The van der Waals surface area contributed by atoms with E-state index in [1.165, 1.54) is 0 Å². The normalized spacial score (nSPS) is 28.0. The molecule has 3 aliphatic rings. The number of hydrogen-bond acceptors (Lipinski definition) is 4. The van der Waals surface area contributed by atoms with Crippen LogP contribution in [0.3, 0.4) is 0 Å². The number of para-hydroxylation sites is 1. The fraction of sp³-hybridized carbons (Fsp3) is 0.458. The minimum Gasteiger partial charge on any atom is -0.493 e. The summed E-state index contributed by atoms with van der Waals surface area (Å²) in [5.41, 5.74) is 1.83. The first-order chi connectivity index (χ1) is 14.6. The minimum atomic E-state index is -0.378. The van der Waals surface area contributed by atoms with Gasteiger partial charge in [-0.3, -0.25) is 9.69 Å². The summed E-state index contributed by atoms with van der Waals surface area (Å²) in [6, 6.07) is 14.1. The van der Waals surface area contributed by atoms with Gasteiger partial charge in [-0.1, -0.05) is 35.9 Å². The highest BCUT2D eigenvalue weighted by Gasteiger charge is 2.65. The lowest BCUT2D eigenvalue weighted by molar-refractivity contribution is -0.137. The number of carbonyl (C=O) groups is 1. The van der Waals surface area contributed by atoms with Gasteiger partial charge in [-0.2, -0.15) is 0 Å². The largest absolute Gasteiger partial charge is 0.493 e. The van der Waals surface area contributed by atoms with Gasteiger partial charge in [0.05, 0.1) is 14.2 Å². The zero-order valence-corrected chi connectivity index (χ0v) is 18.2. The maximum atomic E-state index is 13.7. The van der Waals surface area contributed by atoms with Crippen LogP contribution in [0.25, 0.3) is 0 Å². The number of nitrogens with zero attached hydrogens (tertiary/aromatic N) is 2. The van der Waals surface area contributed by atoms with E-state index in [0.717, 1.165) is 55.0 Å². The fourth-order valence-electron chi connectivity index (χ4n) is 6.04. The molecule has 158 valence electrons. The number of rotatable bonds is 5. The Balaban J connectivity index is 1.45.